The summed E-state index contributed by atoms with van der Waals surface area (Å²) in [4.78, 5) is 37.9. The summed E-state index contributed by atoms with van der Waals surface area (Å²) >= 11 is 3.41. The summed E-state index contributed by atoms with van der Waals surface area (Å²) in [5, 5.41) is 14.1. The van der Waals surface area contributed by atoms with Crippen LogP contribution < -0.4 is 5.32 Å². The molecule has 8 heteroatoms. The summed E-state index contributed by atoms with van der Waals surface area (Å²) in [6, 6.07) is 12.9. The molecule has 0 aliphatic rings. The van der Waals surface area contributed by atoms with E-state index in [2.05, 4.69) is 21.2 Å². The van der Waals surface area contributed by atoms with Crippen LogP contribution >= 0.6 is 15.9 Å². The van der Waals surface area contributed by atoms with E-state index in [0.29, 0.717) is 12.1 Å². The Hall–Kier alpha value is -2.74. The summed E-state index contributed by atoms with van der Waals surface area (Å²) in [6.07, 6.45) is 0.630. The molecular formula is C21H24BrN3O4. The van der Waals surface area contributed by atoms with E-state index >= 15 is 0 Å². The van der Waals surface area contributed by atoms with E-state index in [-0.39, 0.29) is 30.5 Å². The van der Waals surface area contributed by atoms with E-state index in [1.54, 1.807) is 25.1 Å². The number of nitrogens with one attached hydrogen (secondary N) is 1. The van der Waals surface area contributed by atoms with Crippen molar-refractivity contribution in [2.75, 3.05) is 6.54 Å². The Kier molecular flexibility index (Phi) is 8.33. The van der Waals surface area contributed by atoms with E-state index in [1.807, 2.05) is 31.2 Å². The average Bonchev–Trinajstić information content (AvgIpc) is 2.69. The van der Waals surface area contributed by atoms with Crippen molar-refractivity contribution >= 4 is 33.4 Å². The predicted octanol–water partition coefficient (Wildman–Crippen LogP) is 3.84. The van der Waals surface area contributed by atoms with Crippen molar-refractivity contribution in [2.45, 2.75) is 39.3 Å². The molecule has 7 nitrogen and oxygen atoms in total. The number of amides is 2. The number of para-hydroxylation sites is 1. The SMILES string of the molecule is CCCNC(=O)C(C)N(Cc1cccc(Br)c1)C(=O)Cc1ccccc1[N+](=O)[O-]. The number of nitro benzene ring substituents is 1. The molecule has 2 rings (SSSR count). The molecule has 0 saturated heterocycles. The van der Waals surface area contributed by atoms with Crippen molar-refractivity contribution in [3.63, 3.8) is 0 Å². The molecule has 0 aromatic heterocycles. The van der Waals surface area contributed by atoms with Crippen LogP contribution in [0.5, 0.6) is 0 Å². The molecule has 0 spiro atoms. The monoisotopic (exact) mass is 461 g/mol. The zero-order valence-corrected chi connectivity index (χ0v) is 18.0. The third kappa shape index (κ3) is 6.39. The van der Waals surface area contributed by atoms with Gasteiger partial charge in [-0.3, -0.25) is 19.7 Å². The highest BCUT2D eigenvalue weighted by molar-refractivity contribution is 9.10. The Morgan fingerprint density at radius 3 is 2.59 bits per heavy atom. The first kappa shape index (κ1) is 22.5. The van der Waals surface area contributed by atoms with Gasteiger partial charge in [0.2, 0.25) is 11.8 Å². The van der Waals surface area contributed by atoms with Crippen molar-refractivity contribution in [3.8, 4) is 0 Å². The van der Waals surface area contributed by atoms with Gasteiger partial charge in [-0.1, -0.05) is 53.2 Å². The van der Waals surface area contributed by atoms with E-state index in [4.69, 9.17) is 0 Å². The van der Waals surface area contributed by atoms with E-state index < -0.39 is 11.0 Å². The van der Waals surface area contributed by atoms with Crippen molar-refractivity contribution in [1.82, 2.24) is 10.2 Å². The topological polar surface area (TPSA) is 92.6 Å². The fourth-order valence-electron chi connectivity index (χ4n) is 2.91. The number of halogens is 1. The zero-order chi connectivity index (χ0) is 21.4. The second kappa shape index (κ2) is 10.7. The molecule has 154 valence electrons. The molecule has 0 radical (unpaired) electrons. The predicted molar refractivity (Wildman–Crippen MR) is 114 cm³/mol. The Balaban J connectivity index is 2.29. The molecule has 0 fully saturated rings. The number of hydrogen-bond donors (Lipinski definition) is 1. The lowest BCUT2D eigenvalue weighted by molar-refractivity contribution is -0.385. The smallest absolute Gasteiger partial charge is 0.273 e. The normalized spacial score (nSPS) is 11.6. The standard InChI is InChI=1S/C21H24BrN3O4/c1-3-11-23-21(27)15(2)24(14-16-7-6-9-18(22)12-16)20(26)13-17-8-4-5-10-19(17)25(28)29/h4-10,12,15H,3,11,13-14H2,1-2H3,(H,23,27). The Labute approximate surface area is 178 Å². The van der Waals surface area contributed by atoms with Gasteiger partial charge in [0.25, 0.3) is 5.69 Å². The van der Waals surface area contributed by atoms with Gasteiger partial charge in [-0.25, -0.2) is 0 Å². The van der Waals surface area contributed by atoms with Crippen LogP contribution in [-0.2, 0) is 22.6 Å². The number of rotatable bonds is 9. The molecule has 1 unspecified atom stereocenters. The quantitative estimate of drug-likeness (QED) is 0.453. The van der Waals surface area contributed by atoms with Crippen LogP contribution in [0.25, 0.3) is 0 Å². The molecular weight excluding hydrogens is 438 g/mol. The number of nitro groups is 1. The maximum Gasteiger partial charge on any atom is 0.273 e. The third-order valence-corrected chi connectivity index (χ3v) is 4.98. The van der Waals surface area contributed by atoms with Gasteiger partial charge in [0.05, 0.1) is 11.3 Å². The van der Waals surface area contributed by atoms with Gasteiger partial charge in [0, 0.05) is 29.2 Å². The summed E-state index contributed by atoms with van der Waals surface area (Å²) in [7, 11) is 0. The molecule has 0 aliphatic carbocycles. The zero-order valence-electron chi connectivity index (χ0n) is 16.4. The van der Waals surface area contributed by atoms with Crippen LogP contribution in [0.3, 0.4) is 0 Å². The van der Waals surface area contributed by atoms with Crippen LogP contribution in [0, 0.1) is 10.1 Å². The average molecular weight is 462 g/mol. The first-order valence-electron chi connectivity index (χ1n) is 9.37. The maximum absolute atomic E-state index is 13.1. The van der Waals surface area contributed by atoms with Gasteiger partial charge in [0.15, 0.2) is 0 Å². The Bertz CT molecular complexity index is 888. The molecule has 2 aromatic rings. The number of carbonyl (C=O) groups excluding carboxylic acids is 2. The van der Waals surface area contributed by atoms with Crippen molar-refractivity contribution in [3.05, 3.63) is 74.2 Å². The molecule has 0 aliphatic heterocycles. The van der Waals surface area contributed by atoms with Crippen LogP contribution in [-0.4, -0.2) is 34.2 Å². The summed E-state index contributed by atoms with van der Waals surface area (Å²) in [6.45, 7) is 4.36. The lowest BCUT2D eigenvalue weighted by atomic mass is 10.1. The first-order valence-corrected chi connectivity index (χ1v) is 10.2. The number of hydrogen-bond acceptors (Lipinski definition) is 4. The number of benzene rings is 2. The van der Waals surface area contributed by atoms with Gasteiger partial charge in [-0.05, 0) is 31.0 Å². The maximum atomic E-state index is 13.1. The molecule has 0 bridgehead atoms. The van der Waals surface area contributed by atoms with Gasteiger partial charge in [-0.2, -0.15) is 0 Å². The first-order chi connectivity index (χ1) is 13.8. The third-order valence-electron chi connectivity index (χ3n) is 4.49. The molecule has 1 atom stereocenters. The molecule has 0 saturated carbocycles. The molecule has 2 aromatic carbocycles. The van der Waals surface area contributed by atoms with Crippen molar-refractivity contribution in [2.24, 2.45) is 0 Å². The Morgan fingerprint density at radius 1 is 1.21 bits per heavy atom. The molecule has 29 heavy (non-hydrogen) atoms. The second-order valence-corrected chi connectivity index (χ2v) is 7.60. The minimum atomic E-state index is -0.712. The minimum absolute atomic E-state index is 0.105. The molecule has 1 N–H and O–H groups in total. The van der Waals surface area contributed by atoms with Gasteiger partial charge >= 0.3 is 0 Å². The fourth-order valence-corrected chi connectivity index (χ4v) is 3.36. The van der Waals surface area contributed by atoms with Crippen molar-refractivity contribution < 1.29 is 14.5 Å². The Morgan fingerprint density at radius 2 is 1.93 bits per heavy atom. The minimum Gasteiger partial charge on any atom is -0.354 e. The summed E-state index contributed by atoms with van der Waals surface area (Å²) < 4.78 is 0.865. The van der Waals surface area contributed by atoms with E-state index in [9.17, 15) is 19.7 Å². The van der Waals surface area contributed by atoms with Crippen LogP contribution in [0.15, 0.2) is 53.0 Å². The molecule has 0 heterocycles. The highest BCUT2D eigenvalue weighted by atomic mass is 79.9. The second-order valence-electron chi connectivity index (χ2n) is 6.68. The van der Waals surface area contributed by atoms with Gasteiger partial charge < -0.3 is 10.2 Å². The van der Waals surface area contributed by atoms with Crippen LogP contribution in [0.2, 0.25) is 0 Å². The van der Waals surface area contributed by atoms with E-state index in [1.165, 1.54) is 11.0 Å². The van der Waals surface area contributed by atoms with Crippen molar-refractivity contribution in [1.29, 1.82) is 0 Å². The highest BCUT2D eigenvalue weighted by Gasteiger charge is 2.27. The van der Waals surface area contributed by atoms with Crippen LogP contribution in [0.1, 0.15) is 31.4 Å². The van der Waals surface area contributed by atoms with Gasteiger partial charge in [-0.15, -0.1) is 0 Å². The fraction of sp³-hybridized carbons (Fsp3) is 0.333. The van der Waals surface area contributed by atoms with E-state index in [0.717, 1.165) is 16.5 Å². The number of carbonyl (C=O) groups is 2. The lowest BCUT2D eigenvalue weighted by Gasteiger charge is -2.29. The summed E-state index contributed by atoms with van der Waals surface area (Å²) in [5.74, 6) is -0.601. The van der Waals surface area contributed by atoms with Crippen LogP contribution in [0.4, 0.5) is 5.69 Å². The lowest BCUT2D eigenvalue weighted by Crippen LogP contribution is -2.48. The largest absolute Gasteiger partial charge is 0.354 e. The van der Waals surface area contributed by atoms with Gasteiger partial charge in [0.1, 0.15) is 6.04 Å². The number of nitrogens with zero attached hydrogens (tertiary/aromatic N) is 2. The summed E-state index contributed by atoms with van der Waals surface area (Å²) in [5.41, 5.74) is 1.07. The molecule has 2 amide bonds. The highest BCUT2D eigenvalue weighted by Crippen LogP contribution is 2.21.